The molecule has 0 aromatic carbocycles. The predicted molar refractivity (Wildman–Crippen MR) is 71.6 cm³/mol. The molecular formula is C13H26BrN. The van der Waals surface area contributed by atoms with Crippen molar-refractivity contribution in [3.63, 3.8) is 0 Å². The number of likely N-dealkylation sites (tertiary alicyclic amines) is 1. The zero-order valence-corrected chi connectivity index (χ0v) is 12.1. The van der Waals surface area contributed by atoms with E-state index in [0.717, 1.165) is 11.2 Å². The van der Waals surface area contributed by atoms with Crippen molar-refractivity contribution in [3.05, 3.63) is 0 Å². The number of unbranched alkanes of at least 4 members (excludes halogenated alkanes) is 1. The summed E-state index contributed by atoms with van der Waals surface area (Å²) in [7, 11) is 0. The van der Waals surface area contributed by atoms with Gasteiger partial charge in [0.05, 0.1) is 0 Å². The fourth-order valence-electron chi connectivity index (χ4n) is 2.82. The van der Waals surface area contributed by atoms with E-state index in [9.17, 15) is 0 Å². The Bertz CT molecular complexity index is 179. The Morgan fingerprint density at radius 2 is 2.07 bits per heavy atom. The van der Waals surface area contributed by atoms with Crippen LogP contribution in [0.25, 0.3) is 0 Å². The molecule has 0 aromatic rings. The molecule has 0 aromatic heterocycles. The molecule has 1 heterocycles. The summed E-state index contributed by atoms with van der Waals surface area (Å²) in [6.45, 7) is 11.1. The lowest BCUT2D eigenvalue weighted by Gasteiger charge is -2.29. The summed E-state index contributed by atoms with van der Waals surface area (Å²) < 4.78 is 0. The molecule has 0 radical (unpaired) electrons. The molecule has 1 nitrogen and oxygen atoms in total. The molecule has 1 aliphatic heterocycles. The molecule has 1 rings (SSSR count). The third-order valence-electron chi connectivity index (χ3n) is 3.35. The van der Waals surface area contributed by atoms with Gasteiger partial charge in [0, 0.05) is 11.9 Å². The van der Waals surface area contributed by atoms with Crippen LogP contribution in [-0.2, 0) is 0 Å². The van der Waals surface area contributed by atoms with Crippen molar-refractivity contribution < 1.29 is 0 Å². The van der Waals surface area contributed by atoms with Crippen LogP contribution >= 0.6 is 15.9 Å². The number of hydrogen-bond donors (Lipinski definition) is 0. The van der Waals surface area contributed by atoms with Gasteiger partial charge in [-0.1, -0.05) is 36.7 Å². The molecule has 0 saturated carbocycles. The van der Waals surface area contributed by atoms with Crippen molar-refractivity contribution >= 4 is 15.9 Å². The van der Waals surface area contributed by atoms with Crippen LogP contribution < -0.4 is 0 Å². The Balaban J connectivity index is 2.37. The Morgan fingerprint density at radius 3 is 2.73 bits per heavy atom. The number of hydrogen-bond acceptors (Lipinski definition) is 1. The van der Waals surface area contributed by atoms with E-state index < -0.39 is 0 Å². The molecule has 1 fully saturated rings. The van der Waals surface area contributed by atoms with Crippen molar-refractivity contribution in [2.75, 3.05) is 25.0 Å². The first-order chi connectivity index (χ1) is 7.03. The van der Waals surface area contributed by atoms with Gasteiger partial charge >= 0.3 is 0 Å². The highest BCUT2D eigenvalue weighted by Crippen LogP contribution is 2.31. The summed E-state index contributed by atoms with van der Waals surface area (Å²) in [6, 6.07) is 0. The Morgan fingerprint density at radius 1 is 1.33 bits per heavy atom. The maximum absolute atomic E-state index is 3.50. The van der Waals surface area contributed by atoms with Crippen molar-refractivity contribution in [1.82, 2.24) is 4.90 Å². The highest BCUT2D eigenvalue weighted by molar-refractivity contribution is 9.09. The molecule has 1 atom stereocenters. The predicted octanol–water partition coefficient (Wildman–Crippen LogP) is 3.92. The van der Waals surface area contributed by atoms with Gasteiger partial charge in [0.15, 0.2) is 0 Å². The van der Waals surface area contributed by atoms with Crippen LogP contribution in [0, 0.1) is 11.3 Å². The van der Waals surface area contributed by atoms with Crippen LogP contribution in [0.3, 0.4) is 0 Å². The highest BCUT2D eigenvalue weighted by Gasteiger charge is 2.27. The van der Waals surface area contributed by atoms with E-state index in [1.165, 1.54) is 45.3 Å². The molecular weight excluding hydrogens is 250 g/mol. The van der Waals surface area contributed by atoms with E-state index in [2.05, 4.69) is 41.6 Å². The molecule has 1 unspecified atom stereocenters. The first-order valence-corrected chi connectivity index (χ1v) is 7.44. The zero-order chi connectivity index (χ0) is 11.3. The lowest BCUT2D eigenvalue weighted by molar-refractivity contribution is 0.190. The van der Waals surface area contributed by atoms with E-state index in [1.54, 1.807) is 0 Å². The smallest absolute Gasteiger partial charge is 0.00328 e. The summed E-state index contributed by atoms with van der Waals surface area (Å²) in [5.74, 6) is 0.904. The topological polar surface area (TPSA) is 3.24 Å². The van der Waals surface area contributed by atoms with Crippen molar-refractivity contribution in [2.24, 2.45) is 11.3 Å². The summed E-state index contributed by atoms with van der Waals surface area (Å²) in [5.41, 5.74) is 0.518. The molecule has 0 amide bonds. The van der Waals surface area contributed by atoms with Gasteiger partial charge in [-0.2, -0.15) is 0 Å². The average Bonchev–Trinajstić information content (AvgIpc) is 2.24. The monoisotopic (exact) mass is 275 g/mol. The second-order valence-electron chi connectivity index (χ2n) is 5.93. The second-order valence-corrected chi connectivity index (χ2v) is 6.73. The summed E-state index contributed by atoms with van der Waals surface area (Å²) in [4.78, 5) is 2.67. The average molecular weight is 276 g/mol. The van der Waals surface area contributed by atoms with Crippen molar-refractivity contribution in [1.29, 1.82) is 0 Å². The van der Waals surface area contributed by atoms with Gasteiger partial charge in [-0.15, -0.1) is 0 Å². The summed E-state index contributed by atoms with van der Waals surface area (Å²) >= 11 is 3.50. The van der Waals surface area contributed by atoms with Gasteiger partial charge in [0.1, 0.15) is 0 Å². The zero-order valence-electron chi connectivity index (χ0n) is 10.6. The molecule has 0 bridgehead atoms. The van der Waals surface area contributed by atoms with Gasteiger partial charge in [-0.05, 0) is 50.1 Å². The summed E-state index contributed by atoms with van der Waals surface area (Å²) in [5, 5.41) is 1.15. The fraction of sp³-hybridized carbons (Fsp3) is 1.00. The van der Waals surface area contributed by atoms with Gasteiger partial charge in [-0.3, -0.25) is 0 Å². The van der Waals surface area contributed by atoms with E-state index in [0.29, 0.717) is 5.41 Å². The lowest BCUT2D eigenvalue weighted by Crippen LogP contribution is -2.33. The van der Waals surface area contributed by atoms with E-state index in [-0.39, 0.29) is 0 Å². The van der Waals surface area contributed by atoms with Gasteiger partial charge in [-0.25, -0.2) is 0 Å². The third kappa shape index (κ3) is 5.35. The van der Waals surface area contributed by atoms with Crippen LogP contribution in [0.15, 0.2) is 0 Å². The Kier molecular flexibility index (Phi) is 5.62. The van der Waals surface area contributed by atoms with Crippen LogP contribution in [0.2, 0.25) is 0 Å². The lowest BCUT2D eigenvalue weighted by atomic mass is 9.83. The Hall–Kier alpha value is 0.440. The minimum Gasteiger partial charge on any atom is -0.303 e. The molecule has 2 heteroatoms. The van der Waals surface area contributed by atoms with Gasteiger partial charge < -0.3 is 4.90 Å². The first kappa shape index (κ1) is 13.5. The fourth-order valence-corrected chi connectivity index (χ4v) is 3.21. The van der Waals surface area contributed by atoms with Gasteiger partial charge in [0.2, 0.25) is 0 Å². The minimum absolute atomic E-state index is 0.518. The maximum atomic E-state index is 3.50. The van der Waals surface area contributed by atoms with Crippen molar-refractivity contribution in [3.8, 4) is 0 Å². The molecule has 1 saturated heterocycles. The largest absolute Gasteiger partial charge is 0.303 e. The van der Waals surface area contributed by atoms with Crippen molar-refractivity contribution in [2.45, 2.75) is 46.5 Å². The molecule has 1 aliphatic rings. The number of nitrogens with zero attached hydrogens (tertiary/aromatic N) is 1. The van der Waals surface area contributed by atoms with Crippen LogP contribution in [0.1, 0.15) is 46.5 Å². The highest BCUT2D eigenvalue weighted by atomic mass is 79.9. The van der Waals surface area contributed by atoms with Crippen LogP contribution in [0.5, 0.6) is 0 Å². The van der Waals surface area contributed by atoms with E-state index in [4.69, 9.17) is 0 Å². The quantitative estimate of drug-likeness (QED) is 0.555. The molecule has 90 valence electrons. The number of halogens is 1. The van der Waals surface area contributed by atoms with Gasteiger partial charge in [0.25, 0.3) is 0 Å². The molecule has 0 N–H and O–H groups in total. The summed E-state index contributed by atoms with van der Waals surface area (Å²) in [6.07, 6.45) is 5.43. The van der Waals surface area contributed by atoms with E-state index in [1.807, 2.05) is 0 Å². The minimum atomic E-state index is 0.518. The van der Waals surface area contributed by atoms with Crippen LogP contribution in [0.4, 0.5) is 0 Å². The maximum Gasteiger partial charge on any atom is 0.00328 e. The molecule has 15 heavy (non-hydrogen) atoms. The second kappa shape index (κ2) is 6.24. The normalized spacial score (nSPS) is 27.6. The first-order valence-electron chi connectivity index (χ1n) is 6.32. The molecule has 0 aliphatic carbocycles. The SMILES string of the molecule is CC1CCN(CCCCBr)CC(C)(C)C1. The number of alkyl halides is 1. The standard InChI is InChI=1S/C13H26BrN/c1-12-6-9-15(8-5-4-7-14)11-13(2,3)10-12/h12H,4-11H2,1-3H3. The Labute approximate surface area is 104 Å². The van der Waals surface area contributed by atoms with E-state index >= 15 is 0 Å². The molecule has 0 spiro atoms. The third-order valence-corrected chi connectivity index (χ3v) is 3.91. The van der Waals surface area contributed by atoms with Crippen LogP contribution in [-0.4, -0.2) is 29.9 Å². The number of rotatable bonds is 4.